The number of aromatic nitrogens is 2. The summed E-state index contributed by atoms with van der Waals surface area (Å²) in [5, 5.41) is 2.72. The second-order valence-electron chi connectivity index (χ2n) is 7.69. The molecule has 5 rings (SSSR count). The predicted octanol–water partition coefficient (Wildman–Crippen LogP) is 1.40. The molecule has 1 saturated heterocycles. The highest BCUT2D eigenvalue weighted by atomic mass is 16.7. The standard InChI is InChI=1S/C23H22N4O6/c28-21(25-16-2-4-17(5-3-16)26-7-9-31-10-8-26)18-12-24-23(30)27(22(18)29)13-15-1-6-19-20(11-15)33-14-32-19/h1-6,11-12H,7-10,13-14H2,(H,24,30)(H,25,28). The maximum Gasteiger partial charge on any atom is 0.328 e. The van der Waals surface area contributed by atoms with Crippen LogP contribution in [0.2, 0.25) is 0 Å². The molecule has 170 valence electrons. The number of nitrogens with zero attached hydrogens (tertiary/aromatic N) is 2. The lowest BCUT2D eigenvalue weighted by Crippen LogP contribution is -2.39. The number of anilines is 2. The third-order valence-corrected chi connectivity index (χ3v) is 5.58. The molecule has 3 aromatic rings. The minimum absolute atomic E-state index is 0.0137. The number of nitrogens with one attached hydrogen (secondary N) is 2. The molecule has 10 nitrogen and oxygen atoms in total. The van der Waals surface area contributed by atoms with Gasteiger partial charge in [0.05, 0.1) is 19.8 Å². The predicted molar refractivity (Wildman–Crippen MR) is 120 cm³/mol. The summed E-state index contributed by atoms with van der Waals surface area (Å²) in [7, 11) is 0. The maximum absolute atomic E-state index is 12.9. The molecular formula is C23H22N4O6. The number of morpholine rings is 1. The quantitative estimate of drug-likeness (QED) is 0.604. The molecule has 33 heavy (non-hydrogen) atoms. The Morgan fingerprint density at radius 2 is 1.76 bits per heavy atom. The minimum Gasteiger partial charge on any atom is -0.454 e. The molecule has 1 aromatic heterocycles. The molecule has 10 heteroatoms. The van der Waals surface area contributed by atoms with E-state index in [4.69, 9.17) is 14.2 Å². The summed E-state index contributed by atoms with van der Waals surface area (Å²) in [6.45, 7) is 3.10. The molecule has 1 fully saturated rings. The van der Waals surface area contributed by atoms with Crippen molar-refractivity contribution >= 4 is 17.3 Å². The Hall–Kier alpha value is -4.05. The number of fused-ring (bicyclic) bond motifs is 1. The van der Waals surface area contributed by atoms with E-state index in [2.05, 4.69) is 15.2 Å². The Balaban J connectivity index is 1.33. The Morgan fingerprint density at radius 1 is 1.00 bits per heavy atom. The van der Waals surface area contributed by atoms with Crippen LogP contribution in [-0.4, -0.2) is 48.6 Å². The van der Waals surface area contributed by atoms with E-state index >= 15 is 0 Å². The number of hydrogen-bond acceptors (Lipinski definition) is 7. The van der Waals surface area contributed by atoms with Gasteiger partial charge in [0, 0.05) is 30.7 Å². The Kier molecular flexibility index (Phi) is 5.57. The first-order valence-corrected chi connectivity index (χ1v) is 10.5. The van der Waals surface area contributed by atoms with E-state index in [9.17, 15) is 14.4 Å². The van der Waals surface area contributed by atoms with Gasteiger partial charge in [0.25, 0.3) is 11.5 Å². The summed E-state index contributed by atoms with van der Waals surface area (Å²) >= 11 is 0. The van der Waals surface area contributed by atoms with Gasteiger partial charge in [-0.3, -0.25) is 14.2 Å². The van der Waals surface area contributed by atoms with Crippen LogP contribution >= 0.6 is 0 Å². The number of amides is 1. The molecule has 0 saturated carbocycles. The fraction of sp³-hybridized carbons (Fsp3) is 0.261. The third kappa shape index (κ3) is 4.33. The molecular weight excluding hydrogens is 428 g/mol. The Labute approximate surface area is 188 Å². The molecule has 2 N–H and O–H groups in total. The lowest BCUT2D eigenvalue weighted by molar-refractivity contribution is 0.102. The molecule has 1 amide bonds. The van der Waals surface area contributed by atoms with Gasteiger partial charge in [0.15, 0.2) is 11.5 Å². The van der Waals surface area contributed by atoms with Gasteiger partial charge in [-0.05, 0) is 42.0 Å². The lowest BCUT2D eigenvalue weighted by Gasteiger charge is -2.28. The topological polar surface area (TPSA) is 115 Å². The fourth-order valence-electron chi connectivity index (χ4n) is 3.81. The molecule has 0 radical (unpaired) electrons. The lowest BCUT2D eigenvalue weighted by atomic mass is 10.2. The van der Waals surface area contributed by atoms with Gasteiger partial charge in [0.1, 0.15) is 5.56 Å². The number of H-pyrrole nitrogens is 1. The van der Waals surface area contributed by atoms with E-state index in [1.165, 1.54) is 0 Å². The van der Waals surface area contributed by atoms with Crippen molar-refractivity contribution in [2.24, 2.45) is 0 Å². The van der Waals surface area contributed by atoms with Gasteiger partial charge in [-0.2, -0.15) is 0 Å². The summed E-state index contributed by atoms with van der Waals surface area (Å²) in [5.41, 5.74) is 0.801. The first-order valence-electron chi connectivity index (χ1n) is 10.5. The van der Waals surface area contributed by atoms with Gasteiger partial charge in [-0.25, -0.2) is 4.79 Å². The van der Waals surface area contributed by atoms with Crippen molar-refractivity contribution in [3.8, 4) is 11.5 Å². The Bertz CT molecular complexity index is 1290. The number of hydrogen-bond donors (Lipinski definition) is 2. The van der Waals surface area contributed by atoms with Crippen LogP contribution in [0.5, 0.6) is 11.5 Å². The highest BCUT2D eigenvalue weighted by Gasteiger charge is 2.18. The molecule has 0 unspecified atom stereocenters. The zero-order chi connectivity index (χ0) is 22.8. The van der Waals surface area contributed by atoms with Gasteiger partial charge < -0.3 is 29.4 Å². The molecule has 3 heterocycles. The molecule has 2 aliphatic heterocycles. The van der Waals surface area contributed by atoms with Crippen molar-refractivity contribution in [3.63, 3.8) is 0 Å². The molecule has 2 aromatic carbocycles. The average Bonchev–Trinajstić information content (AvgIpc) is 3.31. The Morgan fingerprint density at radius 3 is 2.55 bits per heavy atom. The van der Waals surface area contributed by atoms with Gasteiger partial charge in [-0.15, -0.1) is 0 Å². The van der Waals surface area contributed by atoms with E-state index in [1.54, 1.807) is 30.3 Å². The number of rotatable bonds is 5. The van der Waals surface area contributed by atoms with Crippen LogP contribution < -0.4 is 30.9 Å². The smallest absolute Gasteiger partial charge is 0.328 e. The van der Waals surface area contributed by atoms with Crippen molar-refractivity contribution in [2.45, 2.75) is 6.54 Å². The second kappa shape index (κ2) is 8.83. The largest absolute Gasteiger partial charge is 0.454 e. The summed E-state index contributed by atoms with van der Waals surface area (Å²) < 4.78 is 17.0. The van der Waals surface area contributed by atoms with E-state index in [1.807, 2.05) is 12.1 Å². The van der Waals surface area contributed by atoms with E-state index < -0.39 is 17.2 Å². The number of benzene rings is 2. The zero-order valence-electron chi connectivity index (χ0n) is 17.7. The van der Waals surface area contributed by atoms with E-state index in [-0.39, 0.29) is 18.9 Å². The molecule has 2 aliphatic rings. The monoisotopic (exact) mass is 450 g/mol. The molecule has 0 atom stereocenters. The van der Waals surface area contributed by atoms with Crippen LogP contribution in [0.3, 0.4) is 0 Å². The SMILES string of the molecule is O=C(Nc1ccc(N2CCOCC2)cc1)c1c[nH]c(=O)n(Cc2ccc3c(c2)OCO3)c1=O. The molecule has 0 bridgehead atoms. The normalized spacial score (nSPS) is 14.8. The number of carbonyl (C=O) groups is 1. The van der Waals surface area contributed by atoms with Crippen LogP contribution in [0.4, 0.5) is 11.4 Å². The highest BCUT2D eigenvalue weighted by molar-refractivity contribution is 6.03. The molecule has 0 spiro atoms. The summed E-state index contributed by atoms with van der Waals surface area (Å²) in [5.74, 6) is 0.550. The average molecular weight is 450 g/mol. The summed E-state index contributed by atoms with van der Waals surface area (Å²) in [6, 6.07) is 12.5. The van der Waals surface area contributed by atoms with Crippen LogP contribution in [0, 0.1) is 0 Å². The van der Waals surface area contributed by atoms with Crippen molar-refractivity contribution in [3.05, 3.63) is 80.6 Å². The van der Waals surface area contributed by atoms with E-state index in [0.29, 0.717) is 36.0 Å². The van der Waals surface area contributed by atoms with Crippen molar-refractivity contribution in [1.29, 1.82) is 0 Å². The van der Waals surface area contributed by atoms with Crippen LogP contribution in [-0.2, 0) is 11.3 Å². The van der Waals surface area contributed by atoms with Crippen molar-refractivity contribution < 1.29 is 19.0 Å². The summed E-state index contributed by atoms with van der Waals surface area (Å²) in [6.07, 6.45) is 1.14. The third-order valence-electron chi connectivity index (χ3n) is 5.58. The first-order chi connectivity index (χ1) is 16.1. The zero-order valence-corrected chi connectivity index (χ0v) is 17.7. The number of ether oxygens (including phenoxy) is 3. The van der Waals surface area contributed by atoms with Crippen molar-refractivity contribution in [1.82, 2.24) is 9.55 Å². The van der Waals surface area contributed by atoms with Crippen LogP contribution in [0.15, 0.2) is 58.3 Å². The first kappa shape index (κ1) is 20.8. The number of aromatic amines is 1. The second-order valence-corrected chi connectivity index (χ2v) is 7.69. The number of carbonyl (C=O) groups excluding carboxylic acids is 1. The van der Waals surface area contributed by atoms with E-state index in [0.717, 1.165) is 29.5 Å². The maximum atomic E-state index is 12.9. The van der Waals surface area contributed by atoms with Gasteiger partial charge in [-0.1, -0.05) is 6.07 Å². The highest BCUT2D eigenvalue weighted by Crippen LogP contribution is 2.32. The minimum atomic E-state index is -0.682. The van der Waals surface area contributed by atoms with Gasteiger partial charge in [0.2, 0.25) is 6.79 Å². The van der Waals surface area contributed by atoms with Crippen LogP contribution in [0.25, 0.3) is 0 Å². The van der Waals surface area contributed by atoms with Gasteiger partial charge >= 0.3 is 5.69 Å². The van der Waals surface area contributed by atoms with Crippen LogP contribution in [0.1, 0.15) is 15.9 Å². The van der Waals surface area contributed by atoms with Crippen molar-refractivity contribution in [2.75, 3.05) is 43.3 Å². The summed E-state index contributed by atoms with van der Waals surface area (Å²) in [4.78, 5) is 42.7. The fourth-order valence-corrected chi connectivity index (χ4v) is 3.81. The molecule has 0 aliphatic carbocycles.